The Labute approximate surface area is 115 Å². The van der Waals surface area contributed by atoms with Crippen LogP contribution in [-0.2, 0) is 10.0 Å². The minimum Gasteiger partial charge on any atom is -0.392 e. The Bertz CT molecular complexity index is 378. The Morgan fingerprint density at radius 3 is 2.44 bits per heavy atom. The van der Waals surface area contributed by atoms with E-state index in [9.17, 15) is 8.42 Å². The second kappa shape index (κ2) is 6.79. The highest BCUT2D eigenvalue weighted by Crippen LogP contribution is 2.12. The molecule has 1 atom stereocenters. The van der Waals surface area contributed by atoms with Crippen molar-refractivity contribution in [1.82, 2.24) is 9.21 Å². The van der Waals surface area contributed by atoms with Gasteiger partial charge in [0.25, 0.3) is 0 Å². The van der Waals surface area contributed by atoms with Crippen LogP contribution in [0.5, 0.6) is 0 Å². The van der Waals surface area contributed by atoms with Crippen LogP contribution in [0.25, 0.3) is 0 Å². The van der Waals surface area contributed by atoms with Gasteiger partial charge in [0.1, 0.15) is 5.25 Å². The van der Waals surface area contributed by atoms with Crippen molar-refractivity contribution in [1.29, 1.82) is 0 Å². The molecule has 0 aromatic carbocycles. The molecular formula is C11H23N3O2S2. The molecule has 1 saturated heterocycles. The zero-order chi connectivity index (χ0) is 13.8. The van der Waals surface area contributed by atoms with Gasteiger partial charge in [-0.3, -0.25) is 0 Å². The summed E-state index contributed by atoms with van der Waals surface area (Å²) in [6.45, 7) is 5.21. The van der Waals surface area contributed by atoms with Crippen molar-refractivity contribution in [3.05, 3.63) is 0 Å². The lowest BCUT2D eigenvalue weighted by atomic mass is 10.3. The first-order chi connectivity index (χ1) is 8.39. The molecule has 0 aliphatic carbocycles. The summed E-state index contributed by atoms with van der Waals surface area (Å²) in [5.41, 5.74) is 5.50. The van der Waals surface area contributed by atoms with Crippen molar-refractivity contribution < 1.29 is 8.42 Å². The van der Waals surface area contributed by atoms with Gasteiger partial charge in [0.15, 0.2) is 0 Å². The molecule has 7 heteroatoms. The molecule has 0 spiro atoms. The van der Waals surface area contributed by atoms with E-state index in [0.717, 1.165) is 19.6 Å². The standard InChI is InChI=1S/C11H23N3O2S2/c1-3-10(11(12)17)18(15,16)13(2)8-9-14-6-4-5-7-14/h10H,3-9H2,1-2H3,(H2,12,17). The van der Waals surface area contributed by atoms with Gasteiger partial charge in [-0.2, -0.15) is 0 Å². The number of nitrogens with two attached hydrogens (primary N) is 1. The number of rotatable bonds is 7. The smallest absolute Gasteiger partial charge is 0.223 e. The van der Waals surface area contributed by atoms with E-state index in [-0.39, 0.29) is 4.99 Å². The Morgan fingerprint density at radius 1 is 1.44 bits per heavy atom. The molecular weight excluding hydrogens is 270 g/mol. The molecule has 0 aromatic heterocycles. The zero-order valence-electron chi connectivity index (χ0n) is 11.1. The molecule has 0 aromatic rings. The molecule has 0 amide bonds. The molecule has 18 heavy (non-hydrogen) atoms. The van der Waals surface area contributed by atoms with Crippen molar-refractivity contribution in [3.63, 3.8) is 0 Å². The van der Waals surface area contributed by atoms with E-state index in [1.54, 1.807) is 14.0 Å². The molecule has 2 N–H and O–H groups in total. The first-order valence-corrected chi connectivity index (χ1v) is 8.27. The minimum absolute atomic E-state index is 0.0607. The van der Waals surface area contributed by atoms with Gasteiger partial charge >= 0.3 is 0 Å². The summed E-state index contributed by atoms with van der Waals surface area (Å²) in [7, 11) is -1.80. The maximum absolute atomic E-state index is 12.2. The van der Waals surface area contributed by atoms with Crippen LogP contribution >= 0.6 is 12.2 Å². The maximum atomic E-state index is 12.2. The summed E-state index contributed by atoms with van der Waals surface area (Å²) in [5.74, 6) is 0. The first kappa shape index (κ1) is 15.8. The fraction of sp³-hybridized carbons (Fsp3) is 0.909. The second-order valence-corrected chi connectivity index (χ2v) is 7.41. The van der Waals surface area contributed by atoms with Gasteiger partial charge in [0.05, 0.1) is 4.99 Å². The van der Waals surface area contributed by atoms with Crippen LogP contribution < -0.4 is 5.73 Å². The summed E-state index contributed by atoms with van der Waals surface area (Å²) >= 11 is 4.84. The lowest BCUT2D eigenvalue weighted by Crippen LogP contribution is -2.44. The quantitative estimate of drug-likeness (QED) is 0.689. The first-order valence-electron chi connectivity index (χ1n) is 6.36. The van der Waals surface area contributed by atoms with E-state index in [1.165, 1.54) is 17.1 Å². The predicted molar refractivity (Wildman–Crippen MR) is 78.1 cm³/mol. The molecule has 0 radical (unpaired) electrons. The van der Waals surface area contributed by atoms with Crippen LogP contribution in [0.1, 0.15) is 26.2 Å². The van der Waals surface area contributed by atoms with Crippen molar-refractivity contribution in [2.24, 2.45) is 5.73 Å². The SMILES string of the molecule is CCC(C(N)=S)S(=O)(=O)N(C)CCN1CCCC1. The topological polar surface area (TPSA) is 66.6 Å². The Balaban J connectivity index is 2.57. The van der Waals surface area contributed by atoms with Gasteiger partial charge in [0, 0.05) is 20.1 Å². The van der Waals surface area contributed by atoms with E-state index in [0.29, 0.717) is 13.0 Å². The normalized spacial score (nSPS) is 19.3. The van der Waals surface area contributed by atoms with Crippen LogP contribution in [-0.4, -0.2) is 61.1 Å². The van der Waals surface area contributed by atoms with Gasteiger partial charge in [-0.15, -0.1) is 0 Å². The minimum atomic E-state index is -3.40. The number of likely N-dealkylation sites (tertiary alicyclic amines) is 1. The van der Waals surface area contributed by atoms with Crippen molar-refractivity contribution >= 4 is 27.2 Å². The Morgan fingerprint density at radius 2 is 2.00 bits per heavy atom. The zero-order valence-corrected chi connectivity index (χ0v) is 12.8. The highest BCUT2D eigenvalue weighted by Gasteiger charge is 2.30. The number of thiocarbonyl (C=S) groups is 1. The van der Waals surface area contributed by atoms with Crippen molar-refractivity contribution in [3.8, 4) is 0 Å². The van der Waals surface area contributed by atoms with E-state index in [4.69, 9.17) is 18.0 Å². The summed E-state index contributed by atoms with van der Waals surface area (Å²) in [5, 5.41) is -0.740. The molecule has 1 unspecified atom stereocenters. The number of sulfonamides is 1. The number of hydrogen-bond donors (Lipinski definition) is 1. The molecule has 1 aliphatic heterocycles. The van der Waals surface area contributed by atoms with Crippen LogP contribution in [0, 0.1) is 0 Å². The molecule has 1 rings (SSSR count). The molecule has 106 valence electrons. The average Bonchev–Trinajstić information content (AvgIpc) is 2.78. The molecule has 1 fully saturated rings. The van der Waals surface area contributed by atoms with Crippen molar-refractivity contribution in [2.45, 2.75) is 31.4 Å². The molecule has 0 saturated carbocycles. The van der Waals surface area contributed by atoms with Crippen LogP contribution in [0.3, 0.4) is 0 Å². The summed E-state index contributed by atoms with van der Waals surface area (Å²) in [4.78, 5) is 2.35. The molecule has 0 bridgehead atoms. The highest BCUT2D eigenvalue weighted by atomic mass is 32.2. The van der Waals surface area contributed by atoms with Crippen LogP contribution in [0.2, 0.25) is 0 Å². The Kier molecular flexibility index (Phi) is 5.97. The lowest BCUT2D eigenvalue weighted by molar-refractivity contribution is 0.309. The third kappa shape index (κ3) is 3.88. The Hall–Kier alpha value is -0.240. The third-order valence-corrected chi connectivity index (χ3v) is 6.20. The monoisotopic (exact) mass is 293 g/mol. The average molecular weight is 293 g/mol. The number of nitrogens with zero attached hydrogens (tertiary/aromatic N) is 2. The summed E-state index contributed by atoms with van der Waals surface area (Å²) in [6, 6.07) is 0. The summed E-state index contributed by atoms with van der Waals surface area (Å²) in [6.07, 6.45) is 2.84. The summed E-state index contributed by atoms with van der Waals surface area (Å²) < 4.78 is 25.9. The highest BCUT2D eigenvalue weighted by molar-refractivity contribution is 7.92. The van der Waals surface area contributed by atoms with Gasteiger partial charge in [-0.25, -0.2) is 12.7 Å². The van der Waals surface area contributed by atoms with E-state index in [1.807, 2.05) is 0 Å². The third-order valence-electron chi connectivity index (χ3n) is 3.41. The van der Waals surface area contributed by atoms with E-state index >= 15 is 0 Å². The lowest BCUT2D eigenvalue weighted by Gasteiger charge is -2.25. The molecule has 1 heterocycles. The second-order valence-electron chi connectivity index (χ2n) is 4.71. The largest absolute Gasteiger partial charge is 0.392 e. The van der Waals surface area contributed by atoms with E-state index < -0.39 is 15.3 Å². The number of likely N-dealkylation sites (N-methyl/N-ethyl adjacent to an activating group) is 1. The van der Waals surface area contributed by atoms with Gasteiger partial charge in [0.2, 0.25) is 10.0 Å². The fourth-order valence-electron chi connectivity index (χ4n) is 2.19. The van der Waals surface area contributed by atoms with Gasteiger partial charge in [-0.1, -0.05) is 19.1 Å². The molecule has 5 nitrogen and oxygen atoms in total. The maximum Gasteiger partial charge on any atom is 0.223 e. The van der Waals surface area contributed by atoms with E-state index in [2.05, 4.69) is 4.90 Å². The van der Waals surface area contributed by atoms with Gasteiger partial charge in [-0.05, 0) is 32.4 Å². The fourth-order valence-corrected chi connectivity index (χ4v) is 4.21. The predicted octanol–water partition coefficient (Wildman–Crippen LogP) is 0.409. The number of hydrogen-bond acceptors (Lipinski definition) is 4. The van der Waals surface area contributed by atoms with Gasteiger partial charge < -0.3 is 10.6 Å². The van der Waals surface area contributed by atoms with Crippen LogP contribution in [0.15, 0.2) is 0 Å². The van der Waals surface area contributed by atoms with Crippen LogP contribution in [0.4, 0.5) is 0 Å². The molecule has 1 aliphatic rings. The van der Waals surface area contributed by atoms with Crippen molar-refractivity contribution in [2.75, 3.05) is 33.2 Å².